The minimum atomic E-state index is -2.26. The number of ether oxygens (including phenoxy) is 12. The molecule has 80 heavy (non-hydrogen) atoms. The Kier molecular flexibility index (Phi) is 22.3. The van der Waals surface area contributed by atoms with Gasteiger partial charge in [-0.3, -0.25) is 9.59 Å². The van der Waals surface area contributed by atoms with E-state index in [0.717, 1.165) is 18.7 Å². The number of carbonyl (C=O) groups is 2. The number of methoxy groups -OCH3 is 1. The first-order valence-electron chi connectivity index (χ1n) is 25.6. The van der Waals surface area contributed by atoms with E-state index in [0.29, 0.717) is 5.75 Å². The topological polar surface area (TPSA) is 504 Å². The maximum absolute atomic E-state index is 13.4. The Labute approximate surface area is 455 Å². The molecule has 1 aromatic carbocycles. The maximum Gasteiger partial charge on any atom is 0.224 e. The van der Waals surface area contributed by atoms with Gasteiger partial charge in [-0.05, 0) is 31.2 Å². The Morgan fingerprint density at radius 1 is 0.487 bits per heavy atom. The van der Waals surface area contributed by atoms with Crippen LogP contribution in [0.2, 0.25) is 0 Å². The summed E-state index contributed by atoms with van der Waals surface area (Å²) >= 11 is 0. The van der Waals surface area contributed by atoms with Crippen LogP contribution < -0.4 is 15.0 Å². The maximum atomic E-state index is 13.4. The van der Waals surface area contributed by atoms with E-state index in [9.17, 15) is 96.4 Å². The van der Waals surface area contributed by atoms with Gasteiger partial charge in [0, 0.05) is 19.5 Å². The van der Waals surface area contributed by atoms with E-state index in [-0.39, 0.29) is 5.69 Å². The second kappa shape index (κ2) is 27.7. The lowest BCUT2D eigenvalue weighted by molar-refractivity contribution is -0.384. The highest BCUT2D eigenvalue weighted by atomic mass is 16.8. The van der Waals surface area contributed by atoms with Gasteiger partial charge in [0.1, 0.15) is 146 Å². The van der Waals surface area contributed by atoms with Gasteiger partial charge in [-0.25, -0.2) is 0 Å². The quantitative estimate of drug-likeness (QED) is 0.0612. The first-order chi connectivity index (χ1) is 37.9. The van der Waals surface area contributed by atoms with Crippen molar-refractivity contribution in [3.8, 4) is 5.75 Å². The number of benzene rings is 1. The number of nitrogens with one attached hydrogen (secondary N) is 1. The summed E-state index contributed by atoms with van der Waals surface area (Å²) < 4.78 is 69.2. The van der Waals surface area contributed by atoms with Gasteiger partial charge in [0.25, 0.3) is 0 Å². The van der Waals surface area contributed by atoms with Crippen LogP contribution in [0.4, 0.5) is 5.69 Å². The Bertz CT molecular complexity index is 2120. The molecule has 33 nitrogen and oxygen atoms in total. The lowest BCUT2D eigenvalue weighted by Gasteiger charge is -2.51. The molecule has 0 unspecified atom stereocenters. The van der Waals surface area contributed by atoms with E-state index in [2.05, 4.69) is 5.32 Å². The molecule has 1 aromatic rings. The van der Waals surface area contributed by atoms with E-state index in [4.69, 9.17) is 56.8 Å². The SMILES string of the molecule is COc1ccc(N(C(C)=O)[C@@H]2[C@@H](O)[C@H](O[C@@H]3O[C@H](CO)[C@@H](O[C@@H]4O[C@H](CO[C@H]5O[C@H](CO)[C@@H](O)[C@H](O)[C@@H]5O)[C@@H](O)[C@H](O[C@H]5O[C@H](CO)[C@@H](O)[C@H](O)[C@@H]5O)[C@@H]4O)[C@H](O)[C@H]3NC(C)=O)[C@@H](CO[C@H]3O[C@H](C)[C@H](O)[C@H](O)[C@H]3O)O[C@H]2O)cc1. The van der Waals surface area contributed by atoms with Gasteiger partial charge in [-0.1, -0.05) is 0 Å². The summed E-state index contributed by atoms with van der Waals surface area (Å²) in [6.07, 6.45) is -52.4. The van der Waals surface area contributed by atoms with Crippen LogP contribution in [-0.2, 0) is 61.7 Å². The average molecular weight is 1160 g/mol. The number of aliphatic hydroxyl groups is 17. The van der Waals surface area contributed by atoms with Gasteiger partial charge in [0.15, 0.2) is 37.7 Å². The van der Waals surface area contributed by atoms with Crippen LogP contribution in [-0.4, -0.2) is 323 Å². The van der Waals surface area contributed by atoms with E-state index >= 15 is 0 Å². The molecule has 6 aliphatic rings. The average Bonchev–Trinajstić information content (AvgIpc) is 3.48. The monoisotopic (exact) mass is 1160 g/mol. The predicted octanol–water partition coefficient (Wildman–Crippen LogP) is -10.9. The number of nitrogens with zero attached hydrogens (tertiary/aromatic N) is 1. The number of aliphatic hydroxyl groups excluding tert-OH is 17. The first-order valence-corrected chi connectivity index (χ1v) is 25.6. The van der Waals surface area contributed by atoms with E-state index < -0.39 is 229 Å². The summed E-state index contributed by atoms with van der Waals surface area (Å²) in [6, 6.07) is 2.26. The molecule has 6 aliphatic heterocycles. The van der Waals surface area contributed by atoms with Crippen molar-refractivity contribution in [1.82, 2.24) is 5.32 Å². The Balaban J connectivity index is 1.18. The molecule has 0 bridgehead atoms. The smallest absolute Gasteiger partial charge is 0.224 e. The lowest BCUT2D eigenvalue weighted by atomic mass is 9.93. The summed E-state index contributed by atoms with van der Waals surface area (Å²) in [5, 5.41) is 187. The number of anilines is 1. The van der Waals surface area contributed by atoms with Crippen LogP contribution in [0.5, 0.6) is 5.75 Å². The van der Waals surface area contributed by atoms with Crippen LogP contribution in [0.15, 0.2) is 24.3 Å². The molecule has 7 rings (SSSR count). The van der Waals surface area contributed by atoms with E-state index in [1.807, 2.05) is 0 Å². The molecule has 0 saturated carbocycles. The fourth-order valence-electron chi connectivity index (χ4n) is 10.2. The molecule has 0 radical (unpaired) electrons. The molecule has 0 aliphatic carbocycles. The minimum absolute atomic E-state index is 0.114. The highest BCUT2D eigenvalue weighted by Gasteiger charge is 2.58. The zero-order valence-corrected chi connectivity index (χ0v) is 43.4. The Morgan fingerprint density at radius 2 is 0.950 bits per heavy atom. The second-order valence-electron chi connectivity index (χ2n) is 20.1. The molecule has 18 N–H and O–H groups in total. The summed E-state index contributed by atoms with van der Waals surface area (Å²) in [4.78, 5) is 27.3. The molecule has 30 atom stereocenters. The molecular weight excluding hydrogens is 1090 g/mol. The molecule has 0 aromatic heterocycles. The van der Waals surface area contributed by atoms with E-state index in [1.165, 1.54) is 38.3 Å². The first kappa shape index (κ1) is 64.4. The van der Waals surface area contributed by atoms with Crippen molar-refractivity contribution in [1.29, 1.82) is 0 Å². The third kappa shape index (κ3) is 13.7. The Hall–Kier alpha value is -3.16. The third-order valence-electron chi connectivity index (χ3n) is 14.7. The van der Waals surface area contributed by atoms with Crippen molar-refractivity contribution in [3.63, 3.8) is 0 Å². The molecule has 6 fully saturated rings. The molecule has 0 spiro atoms. The summed E-state index contributed by atoms with van der Waals surface area (Å²) in [5.41, 5.74) is 0.114. The van der Waals surface area contributed by atoms with Gasteiger partial charge >= 0.3 is 0 Å². The van der Waals surface area contributed by atoms with Crippen LogP contribution in [0.3, 0.4) is 0 Å². The van der Waals surface area contributed by atoms with Crippen molar-refractivity contribution in [2.45, 2.75) is 205 Å². The van der Waals surface area contributed by atoms with Crippen molar-refractivity contribution in [2.75, 3.05) is 45.0 Å². The van der Waals surface area contributed by atoms with Crippen molar-refractivity contribution < 1.29 is 153 Å². The van der Waals surface area contributed by atoms with Crippen LogP contribution >= 0.6 is 0 Å². The highest BCUT2D eigenvalue weighted by Crippen LogP contribution is 2.37. The van der Waals surface area contributed by atoms with Gasteiger partial charge < -0.3 is 154 Å². The fourth-order valence-corrected chi connectivity index (χ4v) is 10.2. The lowest BCUT2D eigenvalue weighted by Crippen LogP contribution is -2.71. The largest absolute Gasteiger partial charge is 0.497 e. The number of rotatable bonds is 19. The van der Waals surface area contributed by atoms with Crippen LogP contribution in [0.25, 0.3) is 0 Å². The second-order valence-corrected chi connectivity index (χ2v) is 20.1. The number of hydrogen-bond acceptors (Lipinski definition) is 31. The summed E-state index contributed by atoms with van der Waals surface area (Å²) in [5.74, 6) is -1.23. The fraction of sp³-hybridized carbons (Fsp3) is 0.830. The molecule has 458 valence electrons. The minimum Gasteiger partial charge on any atom is -0.497 e. The van der Waals surface area contributed by atoms with Gasteiger partial charge in [0.05, 0.1) is 46.2 Å². The summed E-state index contributed by atoms with van der Waals surface area (Å²) in [6.45, 7) is -1.03. The van der Waals surface area contributed by atoms with E-state index in [1.54, 1.807) is 0 Å². The Morgan fingerprint density at radius 3 is 1.50 bits per heavy atom. The standard InChI is InChI=1S/C47H74N2O31/c1-14-26(55)32(61)35(64)44(72-14)71-13-23-40(31(60)25(42(68)73-23)49(16(3)54)17-5-7-18(69-4)8-6-17)78-43-24(48-15(2)53)30(59)39(21(11-52)76-43)79-47-38(67)41(80-46-37(66)34(63)28(57)20(10-51)75-46)29(58)22(77-47)12-70-45-36(65)33(62)27(56)19(9-50)74-45/h5-8,14,19-47,50-52,55-68H,9-13H2,1-4H3,(H,48,53)/t14-,19-,20-,21-,22-,23-,24-,25-,26+,27-,28-,29-,30-,31-,32+,33+,34+,35-,36+,37+,38+,39-,40-,41+,42-,43+,44+,45+,46-,47+/m1/s1. The predicted molar refractivity (Wildman–Crippen MR) is 253 cm³/mol. The number of carbonyl (C=O) groups excluding carboxylic acids is 2. The van der Waals surface area contributed by atoms with Crippen molar-refractivity contribution in [3.05, 3.63) is 24.3 Å². The molecule has 6 saturated heterocycles. The van der Waals surface area contributed by atoms with Gasteiger partial charge in [-0.15, -0.1) is 0 Å². The van der Waals surface area contributed by atoms with Crippen LogP contribution in [0, 0.1) is 0 Å². The van der Waals surface area contributed by atoms with Crippen molar-refractivity contribution in [2.24, 2.45) is 0 Å². The molecule has 6 heterocycles. The summed E-state index contributed by atoms with van der Waals surface area (Å²) in [7, 11) is 1.39. The van der Waals surface area contributed by atoms with Crippen LogP contribution in [0.1, 0.15) is 20.8 Å². The zero-order valence-electron chi connectivity index (χ0n) is 43.4. The van der Waals surface area contributed by atoms with Crippen molar-refractivity contribution >= 4 is 17.5 Å². The zero-order chi connectivity index (χ0) is 58.8. The number of hydrogen-bond donors (Lipinski definition) is 18. The van der Waals surface area contributed by atoms with Gasteiger partial charge in [-0.2, -0.15) is 0 Å². The molecule has 2 amide bonds. The van der Waals surface area contributed by atoms with Gasteiger partial charge in [0.2, 0.25) is 11.8 Å². The number of amides is 2. The molecular formula is C47H74N2O31. The molecule has 33 heteroatoms. The highest BCUT2D eigenvalue weighted by molar-refractivity contribution is 5.92. The normalized spacial score (nSPS) is 46.4. The third-order valence-corrected chi connectivity index (χ3v) is 14.7.